The second-order valence-corrected chi connectivity index (χ2v) is 4.48. The van der Waals surface area contributed by atoms with Crippen LogP contribution >= 0.6 is 27.5 Å². The second kappa shape index (κ2) is 5.85. The fraction of sp³-hybridized carbons (Fsp3) is 0. The summed E-state index contributed by atoms with van der Waals surface area (Å²) in [6, 6.07) is 6.27. The summed E-state index contributed by atoms with van der Waals surface area (Å²) < 4.78 is 10.7. The summed E-state index contributed by atoms with van der Waals surface area (Å²) >= 11 is 8.91. The Morgan fingerprint density at radius 1 is 1.26 bits per heavy atom. The first-order chi connectivity index (χ1) is 9.04. The van der Waals surface area contributed by atoms with Crippen molar-refractivity contribution in [3.63, 3.8) is 0 Å². The third-order valence-corrected chi connectivity index (χ3v) is 2.67. The molecular formula is C11H7BrClN3O3. The number of aromatic nitrogens is 2. The fourth-order valence-electron chi connectivity index (χ4n) is 1.21. The molecule has 2 aromatic rings. The van der Waals surface area contributed by atoms with Gasteiger partial charge < -0.3 is 15.2 Å². The van der Waals surface area contributed by atoms with E-state index in [0.29, 0.717) is 16.0 Å². The van der Waals surface area contributed by atoms with Gasteiger partial charge in [-0.15, -0.1) is 0 Å². The molecule has 6 nitrogen and oxygen atoms in total. The van der Waals surface area contributed by atoms with Crippen molar-refractivity contribution in [3.05, 3.63) is 40.2 Å². The number of rotatable bonds is 3. The second-order valence-electron chi connectivity index (χ2n) is 3.29. The summed E-state index contributed by atoms with van der Waals surface area (Å²) in [6.07, 6.45) is 0.605. The largest absolute Gasteiger partial charge is 0.438 e. The molecule has 98 valence electrons. The molecule has 1 aromatic heterocycles. The third-order valence-electron chi connectivity index (χ3n) is 1.94. The number of amides is 1. The van der Waals surface area contributed by atoms with Crippen molar-refractivity contribution < 1.29 is 14.3 Å². The van der Waals surface area contributed by atoms with Crippen LogP contribution in [0.2, 0.25) is 5.28 Å². The van der Waals surface area contributed by atoms with Gasteiger partial charge in [-0.2, -0.15) is 4.98 Å². The average Bonchev–Trinajstić information content (AvgIpc) is 2.35. The van der Waals surface area contributed by atoms with E-state index in [0.717, 1.165) is 0 Å². The Balaban J connectivity index is 2.15. The maximum atomic E-state index is 10.6. The molecule has 0 radical (unpaired) electrons. The molecule has 0 aliphatic rings. The van der Waals surface area contributed by atoms with Gasteiger partial charge in [-0.1, -0.05) is 0 Å². The van der Waals surface area contributed by atoms with Gasteiger partial charge in [-0.25, -0.2) is 9.78 Å². The van der Waals surface area contributed by atoms with Crippen molar-refractivity contribution >= 4 is 33.6 Å². The number of carbonyl (C=O) groups excluding carboxylic acids is 1. The van der Waals surface area contributed by atoms with Crippen molar-refractivity contribution in [2.75, 3.05) is 0 Å². The summed E-state index contributed by atoms with van der Waals surface area (Å²) in [4.78, 5) is 18.3. The summed E-state index contributed by atoms with van der Waals surface area (Å²) in [5, 5.41) is 0.0758. The predicted molar refractivity (Wildman–Crippen MR) is 71.5 cm³/mol. The van der Waals surface area contributed by atoms with Crippen molar-refractivity contribution in [2.45, 2.75) is 0 Å². The van der Waals surface area contributed by atoms with E-state index in [1.807, 2.05) is 0 Å². The summed E-state index contributed by atoms with van der Waals surface area (Å²) in [7, 11) is 0. The molecule has 0 saturated heterocycles. The van der Waals surface area contributed by atoms with Crippen LogP contribution in [-0.4, -0.2) is 16.1 Å². The lowest BCUT2D eigenvalue weighted by Gasteiger charge is -2.07. The number of carbonyl (C=O) groups is 1. The van der Waals surface area contributed by atoms with Gasteiger partial charge in [-0.3, -0.25) is 0 Å². The first kappa shape index (κ1) is 13.6. The van der Waals surface area contributed by atoms with E-state index in [-0.39, 0.29) is 11.2 Å². The monoisotopic (exact) mass is 343 g/mol. The van der Waals surface area contributed by atoms with Crippen LogP contribution in [0.3, 0.4) is 0 Å². The van der Waals surface area contributed by atoms with Crippen molar-refractivity contribution in [1.82, 2.24) is 9.97 Å². The van der Waals surface area contributed by atoms with E-state index < -0.39 is 6.09 Å². The van der Waals surface area contributed by atoms with E-state index in [1.165, 1.54) is 18.3 Å². The number of ether oxygens (including phenoxy) is 2. The van der Waals surface area contributed by atoms with Crippen LogP contribution in [0.5, 0.6) is 17.4 Å². The van der Waals surface area contributed by atoms with Crippen LogP contribution in [0.25, 0.3) is 0 Å². The van der Waals surface area contributed by atoms with Gasteiger partial charge in [0, 0.05) is 6.20 Å². The minimum atomic E-state index is -0.876. The maximum Gasteiger partial charge on any atom is 0.409 e. The molecule has 0 aliphatic carbocycles. The lowest BCUT2D eigenvalue weighted by Crippen LogP contribution is -2.16. The van der Waals surface area contributed by atoms with E-state index in [9.17, 15) is 4.79 Å². The van der Waals surface area contributed by atoms with Crippen LogP contribution < -0.4 is 15.2 Å². The Bertz CT molecular complexity index is 607. The van der Waals surface area contributed by atoms with Crippen LogP contribution in [0.4, 0.5) is 4.79 Å². The highest BCUT2D eigenvalue weighted by atomic mass is 79.9. The van der Waals surface area contributed by atoms with Gasteiger partial charge in [0.05, 0.1) is 4.47 Å². The normalized spacial score (nSPS) is 10.0. The molecule has 0 aliphatic heterocycles. The Morgan fingerprint density at radius 2 is 1.89 bits per heavy atom. The molecule has 1 heterocycles. The number of primary amides is 1. The molecule has 0 fully saturated rings. The Hall–Kier alpha value is -1.86. The standard InChI is InChI=1S/C11H7BrClN3O3/c12-8-5-15-10(13)16-9(8)18-6-1-3-7(4-2-6)19-11(14)17/h1-5H,(H2,14,17). The van der Waals surface area contributed by atoms with Crippen LogP contribution in [0, 0.1) is 0 Å². The van der Waals surface area contributed by atoms with Gasteiger partial charge >= 0.3 is 6.09 Å². The molecule has 2 N–H and O–H groups in total. The molecule has 0 atom stereocenters. The minimum absolute atomic E-state index is 0.0758. The number of nitrogens with zero attached hydrogens (tertiary/aromatic N) is 2. The smallest absolute Gasteiger partial charge is 0.409 e. The minimum Gasteiger partial charge on any atom is -0.438 e. The van der Waals surface area contributed by atoms with Gasteiger partial charge in [0.15, 0.2) is 0 Å². The number of hydrogen-bond donors (Lipinski definition) is 1. The fourth-order valence-corrected chi connectivity index (χ4v) is 1.60. The Labute approximate surface area is 121 Å². The first-order valence-electron chi connectivity index (χ1n) is 4.98. The molecular weight excluding hydrogens is 337 g/mol. The molecule has 0 unspecified atom stereocenters. The highest BCUT2D eigenvalue weighted by Gasteiger charge is 2.07. The first-order valence-corrected chi connectivity index (χ1v) is 6.15. The number of nitrogens with two attached hydrogens (primary N) is 1. The van der Waals surface area contributed by atoms with E-state index in [2.05, 4.69) is 30.6 Å². The van der Waals surface area contributed by atoms with Crippen molar-refractivity contribution in [1.29, 1.82) is 0 Å². The van der Waals surface area contributed by atoms with Gasteiger partial charge in [-0.05, 0) is 51.8 Å². The van der Waals surface area contributed by atoms with Crippen LogP contribution in [-0.2, 0) is 0 Å². The van der Waals surface area contributed by atoms with E-state index in [4.69, 9.17) is 22.1 Å². The molecule has 1 amide bonds. The molecule has 0 saturated carbocycles. The lowest BCUT2D eigenvalue weighted by atomic mass is 10.3. The number of halogens is 2. The quantitative estimate of drug-likeness (QED) is 0.864. The summed E-state index contributed by atoms with van der Waals surface area (Å²) in [5.41, 5.74) is 4.89. The van der Waals surface area contributed by atoms with E-state index >= 15 is 0 Å². The third kappa shape index (κ3) is 3.80. The van der Waals surface area contributed by atoms with Crippen molar-refractivity contribution in [3.8, 4) is 17.4 Å². The molecule has 2 rings (SSSR count). The topological polar surface area (TPSA) is 87.3 Å². The Kier molecular flexibility index (Phi) is 4.18. The molecule has 19 heavy (non-hydrogen) atoms. The zero-order valence-corrected chi connectivity index (χ0v) is 11.7. The number of benzene rings is 1. The Morgan fingerprint density at radius 3 is 2.53 bits per heavy atom. The molecule has 1 aromatic carbocycles. The number of hydrogen-bond acceptors (Lipinski definition) is 5. The average molecular weight is 345 g/mol. The highest BCUT2D eigenvalue weighted by molar-refractivity contribution is 9.10. The zero-order chi connectivity index (χ0) is 13.8. The van der Waals surface area contributed by atoms with Gasteiger partial charge in [0.25, 0.3) is 0 Å². The highest BCUT2D eigenvalue weighted by Crippen LogP contribution is 2.28. The zero-order valence-electron chi connectivity index (χ0n) is 9.34. The lowest BCUT2D eigenvalue weighted by molar-refractivity contribution is 0.211. The predicted octanol–water partition coefficient (Wildman–Crippen LogP) is 3.14. The maximum absolute atomic E-state index is 10.6. The molecule has 0 bridgehead atoms. The summed E-state index contributed by atoms with van der Waals surface area (Å²) in [5.74, 6) is 1.09. The molecule has 8 heteroatoms. The van der Waals surface area contributed by atoms with Crippen LogP contribution in [0.1, 0.15) is 0 Å². The summed E-state index contributed by atoms with van der Waals surface area (Å²) in [6.45, 7) is 0. The van der Waals surface area contributed by atoms with Gasteiger partial charge in [0.1, 0.15) is 11.5 Å². The van der Waals surface area contributed by atoms with Crippen molar-refractivity contribution in [2.24, 2.45) is 5.73 Å². The SMILES string of the molecule is NC(=O)Oc1ccc(Oc2nc(Cl)ncc2Br)cc1. The van der Waals surface area contributed by atoms with Gasteiger partial charge in [0.2, 0.25) is 11.2 Å². The molecule has 0 spiro atoms. The van der Waals surface area contributed by atoms with E-state index in [1.54, 1.807) is 12.1 Å². The van der Waals surface area contributed by atoms with Crippen LogP contribution in [0.15, 0.2) is 34.9 Å².